The number of fused-ring (bicyclic) bond motifs is 1. The number of rotatable bonds is 5. The van der Waals surface area contributed by atoms with Crippen LogP contribution in [0.2, 0.25) is 0 Å². The Morgan fingerprint density at radius 1 is 1.00 bits per heavy atom. The second kappa shape index (κ2) is 6.01. The van der Waals surface area contributed by atoms with E-state index in [0.717, 1.165) is 6.54 Å². The van der Waals surface area contributed by atoms with E-state index in [0.29, 0.717) is 0 Å². The van der Waals surface area contributed by atoms with Crippen molar-refractivity contribution in [2.45, 2.75) is 33.2 Å². The van der Waals surface area contributed by atoms with Crippen LogP contribution >= 0.6 is 0 Å². The Morgan fingerprint density at radius 2 is 1.72 bits per heavy atom. The first-order chi connectivity index (χ1) is 8.72. The van der Waals surface area contributed by atoms with Gasteiger partial charge in [0, 0.05) is 6.54 Å². The minimum Gasteiger partial charge on any atom is -0.302 e. The molecule has 18 heavy (non-hydrogen) atoms. The molecule has 0 aliphatic heterocycles. The van der Waals surface area contributed by atoms with E-state index >= 15 is 0 Å². The lowest BCUT2D eigenvalue weighted by molar-refractivity contribution is 0.322. The van der Waals surface area contributed by atoms with Crippen molar-refractivity contribution < 1.29 is 0 Å². The molecule has 0 amide bonds. The number of unbranched alkanes of at least 4 members (excludes halogenated alkanes) is 1. The maximum Gasteiger partial charge on any atom is 0.0236 e. The van der Waals surface area contributed by atoms with Crippen LogP contribution in [-0.2, 0) is 6.54 Å². The Kier molecular flexibility index (Phi) is 4.38. The maximum atomic E-state index is 2.42. The first kappa shape index (κ1) is 13.1. The van der Waals surface area contributed by atoms with Crippen molar-refractivity contribution in [3.05, 3.63) is 47.5 Å². The topological polar surface area (TPSA) is 3.24 Å². The van der Waals surface area contributed by atoms with Gasteiger partial charge in [-0.2, -0.15) is 0 Å². The SMILES string of the molecule is CCCCN(C)Cc1ccc(C)c2ccccc12. The van der Waals surface area contributed by atoms with Crippen LogP contribution in [0.3, 0.4) is 0 Å². The Morgan fingerprint density at radius 3 is 2.44 bits per heavy atom. The molecule has 96 valence electrons. The lowest BCUT2D eigenvalue weighted by Gasteiger charge is -2.18. The second-order valence-electron chi connectivity index (χ2n) is 5.18. The maximum absolute atomic E-state index is 2.42. The zero-order chi connectivity index (χ0) is 13.0. The molecule has 1 nitrogen and oxygen atoms in total. The molecule has 0 aliphatic carbocycles. The zero-order valence-corrected chi connectivity index (χ0v) is 11.7. The van der Waals surface area contributed by atoms with Gasteiger partial charge in [-0.15, -0.1) is 0 Å². The molecular formula is C17H23N. The first-order valence-electron chi connectivity index (χ1n) is 6.88. The highest BCUT2D eigenvalue weighted by molar-refractivity contribution is 5.88. The Balaban J connectivity index is 2.26. The van der Waals surface area contributed by atoms with Crippen LogP contribution in [0.15, 0.2) is 36.4 Å². The molecule has 2 aromatic carbocycles. The van der Waals surface area contributed by atoms with E-state index in [1.807, 2.05) is 0 Å². The highest BCUT2D eigenvalue weighted by Gasteiger charge is 2.05. The van der Waals surface area contributed by atoms with Crippen molar-refractivity contribution in [3.8, 4) is 0 Å². The van der Waals surface area contributed by atoms with E-state index in [1.165, 1.54) is 41.3 Å². The fourth-order valence-corrected chi connectivity index (χ4v) is 2.45. The monoisotopic (exact) mass is 241 g/mol. The molecule has 0 heterocycles. The minimum atomic E-state index is 1.04. The van der Waals surface area contributed by atoms with E-state index < -0.39 is 0 Å². The quantitative estimate of drug-likeness (QED) is 0.751. The molecule has 0 aromatic heterocycles. The first-order valence-corrected chi connectivity index (χ1v) is 6.88. The third-order valence-corrected chi connectivity index (χ3v) is 3.57. The fourth-order valence-electron chi connectivity index (χ4n) is 2.45. The van der Waals surface area contributed by atoms with Crippen LogP contribution in [0.1, 0.15) is 30.9 Å². The molecule has 0 saturated heterocycles. The molecule has 2 rings (SSSR count). The van der Waals surface area contributed by atoms with Crippen molar-refractivity contribution >= 4 is 10.8 Å². The predicted molar refractivity (Wildman–Crippen MR) is 79.9 cm³/mol. The molecule has 0 aliphatic rings. The summed E-state index contributed by atoms with van der Waals surface area (Å²) in [5.41, 5.74) is 2.81. The van der Waals surface area contributed by atoms with Crippen molar-refractivity contribution in [3.63, 3.8) is 0 Å². The summed E-state index contributed by atoms with van der Waals surface area (Å²) in [6.07, 6.45) is 2.54. The van der Waals surface area contributed by atoms with Gasteiger partial charge in [-0.25, -0.2) is 0 Å². The van der Waals surface area contributed by atoms with E-state index in [4.69, 9.17) is 0 Å². The molecular weight excluding hydrogens is 218 g/mol. The van der Waals surface area contributed by atoms with Gasteiger partial charge in [0.05, 0.1) is 0 Å². The fraction of sp³-hybridized carbons (Fsp3) is 0.412. The smallest absolute Gasteiger partial charge is 0.0236 e. The molecule has 0 saturated carbocycles. The van der Waals surface area contributed by atoms with Gasteiger partial charge in [-0.1, -0.05) is 49.7 Å². The van der Waals surface area contributed by atoms with Crippen molar-refractivity contribution in [1.82, 2.24) is 4.90 Å². The van der Waals surface area contributed by atoms with Gasteiger partial charge >= 0.3 is 0 Å². The highest BCUT2D eigenvalue weighted by Crippen LogP contribution is 2.23. The summed E-state index contributed by atoms with van der Waals surface area (Å²) in [6.45, 7) is 6.65. The van der Waals surface area contributed by atoms with Crippen LogP contribution < -0.4 is 0 Å². The lowest BCUT2D eigenvalue weighted by Crippen LogP contribution is -2.19. The number of hydrogen-bond acceptors (Lipinski definition) is 1. The molecule has 1 heteroatoms. The number of nitrogens with zero attached hydrogens (tertiary/aromatic N) is 1. The summed E-state index contributed by atoms with van der Waals surface area (Å²) >= 11 is 0. The number of benzene rings is 2. The summed E-state index contributed by atoms with van der Waals surface area (Å²) in [4.78, 5) is 2.42. The third-order valence-electron chi connectivity index (χ3n) is 3.57. The minimum absolute atomic E-state index is 1.04. The molecule has 0 spiro atoms. The van der Waals surface area contributed by atoms with Crippen molar-refractivity contribution in [2.75, 3.05) is 13.6 Å². The molecule has 0 atom stereocenters. The summed E-state index contributed by atoms with van der Waals surface area (Å²) in [6, 6.07) is 13.2. The largest absolute Gasteiger partial charge is 0.302 e. The standard InChI is InChI=1S/C17H23N/c1-4-5-12-18(3)13-15-11-10-14(2)16-8-6-7-9-17(15)16/h6-11H,4-5,12-13H2,1-3H3. The summed E-state index contributed by atoms with van der Waals surface area (Å²) < 4.78 is 0. The van der Waals surface area contributed by atoms with Gasteiger partial charge < -0.3 is 4.90 Å². The van der Waals surface area contributed by atoms with E-state index in [1.54, 1.807) is 0 Å². The lowest BCUT2D eigenvalue weighted by atomic mass is 10.00. The Hall–Kier alpha value is -1.34. The van der Waals surface area contributed by atoms with Gasteiger partial charge in [0.25, 0.3) is 0 Å². The second-order valence-corrected chi connectivity index (χ2v) is 5.18. The van der Waals surface area contributed by atoms with E-state index in [2.05, 4.69) is 62.2 Å². The Labute approximate surface area is 110 Å². The number of hydrogen-bond donors (Lipinski definition) is 0. The normalized spacial score (nSPS) is 11.3. The van der Waals surface area contributed by atoms with Gasteiger partial charge in [0.2, 0.25) is 0 Å². The van der Waals surface area contributed by atoms with E-state index in [-0.39, 0.29) is 0 Å². The highest BCUT2D eigenvalue weighted by atomic mass is 15.1. The van der Waals surface area contributed by atoms with Crippen LogP contribution in [0, 0.1) is 6.92 Å². The zero-order valence-electron chi connectivity index (χ0n) is 11.7. The van der Waals surface area contributed by atoms with Crippen molar-refractivity contribution in [2.24, 2.45) is 0 Å². The van der Waals surface area contributed by atoms with Gasteiger partial charge in [-0.3, -0.25) is 0 Å². The van der Waals surface area contributed by atoms with Gasteiger partial charge in [0.1, 0.15) is 0 Å². The van der Waals surface area contributed by atoms with Gasteiger partial charge in [0.15, 0.2) is 0 Å². The predicted octanol–water partition coefficient (Wildman–Crippen LogP) is 4.38. The van der Waals surface area contributed by atoms with Crippen molar-refractivity contribution in [1.29, 1.82) is 0 Å². The summed E-state index contributed by atoms with van der Waals surface area (Å²) in [7, 11) is 2.21. The van der Waals surface area contributed by atoms with Gasteiger partial charge in [-0.05, 0) is 48.8 Å². The number of aryl methyl sites for hydroxylation is 1. The van der Waals surface area contributed by atoms with E-state index in [9.17, 15) is 0 Å². The Bertz CT molecular complexity index is 516. The summed E-state index contributed by atoms with van der Waals surface area (Å²) in [5.74, 6) is 0. The average molecular weight is 241 g/mol. The third kappa shape index (κ3) is 2.91. The summed E-state index contributed by atoms with van der Waals surface area (Å²) in [5, 5.41) is 2.79. The molecule has 0 N–H and O–H groups in total. The van der Waals surface area contributed by atoms with Crippen LogP contribution in [-0.4, -0.2) is 18.5 Å². The molecule has 0 bridgehead atoms. The average Bonchev–Trinajstić information content (AvgIpc) is 2.40. The van der Waals surface area contributed by atoms with Crippen LogP contribution in [0.25, 0.3) is 10.8 Å². The molecule has 2 aromatic rings. The molecule has 0 unspecified atom stereocenters. The van der Waals surface area contributed by atoms with Crippen LogP contribution in [0.5, 0.6) is 0 Å². The van der Waals surface area contributed by atoms with Crippen LogP contribution in [0.4, 0.5) is 0 Å². The molecule has 0 radical (unpaired) electrons. The molecule has 0 fully saturated rings.